The molecule has 1 amide bonds. The van der Waals surface area contributed by atoms with Gasteiger partial charge in [-0.25, -0.2) is 0 Å². The predicted molar refractivity (Wildman–Crippen MR) is 80.0 cm³/mol. The van der Waals surface area contributed by atoms with Crippen LogP contribution in [0.2, 0.25) is 10.0 Å². The Morgan fingerprint density at radius 2 is 1.74 bits per heavy atom. The lowest BCUT2D eigenvalue weighted by Crippen LogP contribution is -2.12. The summed E-state index contributed by atoms with van der Waals surface area (Å²) in [7, 11) is 0. The molecule has 0 bridgehead atoms. The number of hydrogen-bond acceptors (Lipinski definition) is 2. The molecule has 2 rings (SSSR count). The largest absolute Gasteiger partial charge is 0.399 e. The van der Waals surface area contributed by atoms with Crippen molar-refractivity contribution in [3.05, 3.63) is 57.6 Å². The van der Waals surface area contributed by atoms with E-state index in [2.05, 4.69) is 5.32 Å². The SMILES string of the molecule is Cc1cc(C(=O)Nc2cc(Cl)cc(Cl)c2)ccc1N. The summed E-state index contributed by atoms with van der Waals surface area (Å²) in [4.78, 5) is 12.1. The Morgan fingerprint density at radius 3 is 2.32 bits per heavy atom. The highest BCUT2D eigenvalue weighted by molar-refractivity contribution is 6.35. The van der Waals surface area contributed by atoms with Crippen LogP contribution in [0.1, 0.15) is 15.9 Å². The van der Waals surface area contributed by atoms with E-state index in [1.54, 1.807) is 36.4 Å². The fourth-order valence-electron chi connectivity index (χ4n) is 1.65. The van der Waals surface area contributed by atoms with E-state index in [1.165, 1.54) is 0 Å². The molecule has 2 aromatic rings. The number of aryl methyl sites for hydroxylation is 1. The normalized spacial score (nSPS) is 10.3. The number of rotatable bonds is 2. The van der Waals surface area contributed by atoms with Crippen LogP contribution in [0.4, 0.5) is 11.4 Å². The second-order valence-corrected chi connectivity index (χ2v) is 5.06. The lowest BCUT2D eigenvalue weighted by Gasteiger charge is -2.08. The van der Waals surface area contributed by atoms with Crippen molar-refractivity contribution < 1.29 is 4.79 Å². The quantitative estimate of drug-likeness (QED) is 0.818. The number of hydrogen-bond donors (Lipinski definition) is 2. The van der Waals surface area contributed by atoms with Gasteiger partial charge in [0, 0.05) is 27.0 Å². The number of nitrogen functional groups attached to an aromatic ring is 1. The minimum absolute atomic E-state index is 0.235. The average Bonchev–Trinajstić information content (AvgIpc) is 2.31. The molecule has 0 aliphatic heterocycles. The highest BCUT2D eigenvalue weighted by atomic mass is 35.5. The molecule has 0 aliphatic carbocycles. The number of benzene rings is 2. The molecular formula is C14H12Cl2N2O. The van der Waals surface area contributed by atoms with E-state index in [4.69, 9.17) is 28.9 Å². The van der Waals surface area contributed by atoms with Crippen LogP contribution in [0.5, 0.6) is 0 Å². The van der Waals surface area contributed by atoms with E-state index in [1.807, 2.05) is 6.92 Å². The second-order valence-electron chi connectivity index (χ2n) is 4.18. The van der Waals surface area contributed by atoms with Gasteiger partial charge in [-0.3, -0.25) is 4.79 Å². The number of anilines is 2. The third-order valence-electron chi connectivity index (χ3n) is 2.65. The molecule has 3 nitrogen and oxygen atoms in total. The summed E-state index contributed by atoms with van der Waals surface area (Å²) >= 11 is 11.7. The Balaban J connectivity index is 2.22. The maximum atomic E-state index is 12.1. The van der Waals surface area contributed by atoms with Crippen molar-refractivity contribution in [2.24, 2.45) is 0 Å². The molecule has 0 saturated heterocycles. The highest BCUT2D eigenvalue weighted by Crippen LogP contribution is 2.23. The molecule has 0 heterocycles. The zero-order valence-corrected chi connectivity index (χ0v) is 11.7. The fraction of sp³-hybridized carbons (Fsp3) is 0.0714. The number of carbonyl (C=O) groups is 1. The van der Waals surface area contributed by atoms with Gasteiger partial charge in [0.05, 0.1) is 0 Å². The maximum Gasteiger partial charge on any atom is 0.255 e. The van der Waals surface area contributed by atoms with Gasteiger partial charge in [-0.1, -0.05) is 23.2 Å². The minimum atomic E-state index is -0.235. The zero-order chi connectivity index (χ0) is 14.0. The van der Waals surface area contributed by atoms with Crippen LogP contribution < -0.4 is 11.1 Å². The van der Waals surface area contributed by atoms with E-state index in [0.717, 1.165) is 5.56 Å². The van der Waals surface area contributed by atoms with Crippen molar-refractivity contribution in [3.8, 4) is 0 Å². The fourth-order valence-corrected chi connectivity index (χ4v) is 2.17. The number of amides is 1. The number of halogens is 2. The molecule has 0 atom stereocenters. The van der Waals surface area contributed by atoms with Gasteiger partial charge in [0.1, 0.15) is 0 Å². The van der Waals surface area contributed by atoms with Crippen LogP contribution in [0, 0.1) is 6.92 Å². The summed E-state index contributed by atoms with van der Waals surface area (Å²) < 4.78 is 0. The van der Waals surface area contributed by atoms with Gasteiger partial charge in [-0.2, -0.15) is 0 Å². The summed E-state index contributed by atoms with van der Waals surface area (Å²) in [6.45, 7) is 1.85. The Labute approximate surface area is 121 Å². The van der Waals surface area contributed by atoms with Gasteiger partial charge in [-0.15, -0.1) is 0 Å². The first-order valence-electron chi connectivity index (χ1n) is 5.59. The van der Waals surface area contributed by atoms with Gasteiger partial charge in [-0.05, 0) is 48.9 Å². The van der Waals surface area contributed by atoms with Crippen LogP contribution in [0.15, 0.2) is 36.4 Å². The van der Waals surface area contributed by atoms with Crippen molar-refractivity contribution in [3.63, 3.8) is 0 Å². The third kappa shape index (κ3) is 3.40. The molecule has 0 fully saturated rings. The Morgan fingerprint density at radius 1 is 1.11 bits per heavy atom. The highest BCUT2D eigenvalue weighted by Gasteiger charge is 2.08. The summed E-state index contributed by atoms with van der Waals surface area (Å²) in [6, 6.07) is 9.98. The monoisotopic (exact) mass is 294 g/mol. The number of nitrogens with two attached hydrogens (primary N) is 1. The maximum absolute atomic E-state index is 12.1. The predicted octanol–water partition coefficient (Wildman–Crippen LogP) is 4.14. The molecule has 0 saturated carbocycles. The molecule has 0 spiro atoms. The van der Waals surface area contributed by atoms with Crippen molar-refractivity contribution in [2.75, 3.05) is 11.1 Å². The lowest BCUT2D eigenvalue weighted by molar-refractivity contribution is 0.102. The minimum Gasteiger partial charge on any atom is -0.399 e. The number of carbonyl (C=O) groups excluding carboxylic acids is 1. The second kappa shape index (κ2) is 5.51. The van der Waals surface area contributed by atoms with E-state index >= 15 is 0 Å². The van der Waals surface area contributed by atoms with Crippen LogP contribution in [0.3, 0.4) is 0 Å². The van der Waals surface area contributed by atoms with E-state index in [-0.39, 0.29) is 5.91 Å². The Bertz CT molecular complexity index is 621. The molecule has 0 unspecified atom stereocenters. The Kier molecular flexibility index (Phi) is 3.98. The zero-order valence-electron chi connectivity index (χ0n) is 10.2. The molecule has 0 aromatic heterocycles. The summed E-state index contributed by atoms with van der Waals surface area (Å²) in [5.41, 5.74) is 8.31. The first-order valence-corrected chi connectivity index (χ1v) is 6.35. The molecule has 98 valence electrons. The summed E-state index contributed by atoms with van der Waals surface area (Å²) in [5, 5.41) is 3.68. The summed E-state index contributed by atoms with van der Waals surface area (Å²) in [6.07, 6.45) is 0. The molecule has 5 heteroatoms. The van der Waals surface area contributed by atoms with E-state index in [9.17, 15) is 4.79 Å². The summed E-state index contributed by atoms with van der Waals surface area (Å²) in [5.74, 6) is -0.235. The van der Waals surface area contributed by atoms with Gasteiger partial charge in [0.25, 0.3) is 5.91 Å². The first kappa shape index (κ1) is 13.7. The van der Waals surface area contributed by atoms with Crippen LogP contribution in [0.25, 0.3) is 0 Å². The van der Waals surface area contributed by atoms with Gasteiger partial charge in [0.15, 0.2) is 0 Å². The molecule has 2 aromatic carbocycles. The lowest BCUT2D eigenvalue weighted by atomic mass is 10.1. The topological polar surface area (TPSA) is 55.1 Å². The van der Waals surface area contributed by atoms with Gasteiger partial charge in [0.2, 0.25) is 0 Å². The molecule has 0 aliphatic rings. The van der Waals surface area contributed by atoms with Crippen molar-refractivity contribution in [2.45, 2.75) is 6.92 Å². The molecule has 0 radical (unpaired) electrons. The molecule has 3 N–H and O–H groups in total. The first-order chi connectivity index (χ1) is 8.95. The molecule has 19 heavy (non-hydrogen) atoms. The van der Waals surface area contributed by atoms with Crippen LogP contribution in [-0.4, -0.2) is 5.91 Å². The van der Waals surface area contributed by atoms with Gasteiger partial charge < -0.3 is 11.1 Å². The van der Waals surface area contributed by atoms with Crippen LogP contribution >= 0.6 is 23.2 Å². The van der Waals surface area contributed by atoms with Crippen molar-refractivity contribution in [1.82, 2.24) is 0 Å². The van der Waals surface area contributed by atoms with E-state index in [0.29, 0.717) is 27.0 Å². The standard InChI is InChI=1S/C14H12Cl2N2O/c1-8-4-9(2-3-13(8)17)14(19)18-12-6-10(15)5-11(16)7-12/h2-7H,17H2,1H3,(H,18,19). The third-order valence-corrected chi connectivity index (χ3v) is 3.09. The molecular weight excluding hydrogens is 283 g/mol. The average molecular weight is 295 g/mol. The smallest absolute Gasteiger partial charge is 0.255 e. The van der Waals surface area contributed by atoms with Crippen molar-refractivity contribution >= 4 is 40.5 Å². The van der Waals surface area contributed by atoms with Crippen LogP contribution in [-0.2, 0) is 0 Å². The Hall–Kier alpha value is -1.71. The number of nitrogens with one attached hydrogen (secondary N) is 1. The van der Waals surface area contributed by atoms with Crippen molar-refractivity contribution in [1.29, 1.82) is 0 Å². The van der Waals surface area contributed by atoms with E-state index < -0.39 is 0 Å². The van der Waals surface area contributed by atoms with Gasteiger partial charge >= 0.3 is 0 Å².